The zero-order valence-electron chi connectivity index (χ0n) is 13.6. The molecule has 1 aromatic heterocycles. The van der Waals surface area contributed by atoms with E-state index in [9.17, 15) is 0 Å². The maximum Gasteiger partial charge on any atom is 0.119 e. The fourth-order valence-corrected chi connectivity index (χ4v) is 2.76. The van der Waals surface area contributed by atoms with Crippen molar-refractivity contribution in [2.75, 3.05) is 7.11 Å². The molecule has 3 rings (SSSR count). The molecule has 2 aromatic carbocycles. The van der Waals surface area contributed by atoms with Gasteiger partial charge in [0.15, 0.2) is 0 Å². The Hall–Kier alpha value is -2.66. The van der Waals surface area contributed by atoms with Crippen molar-refractivity contribution in [3.05, 3.63) is 59.3 Å². The van der Waals surface area contributed by atoms with Crippen LogP contribution in [0.2, 0.25) is 0 Å². The van der Waals surface area contributed by atoms with Crippen LogP contribution in [-0.2, 0) is 6.54 Å². The predicted octanol–water partition coefficient (Wildman–Crippen LogP) is 3.02. The average molecular weight is 308 g/mol. The summed E-state index contributed by atoms with van der Waals surface area (Å²) in [6, 6.07) is 14.2. The maximum absolute atomic E-state index is 5.86. The van der Waals surface area contributed by atoms with E-state index in [0.29, 0.717) is 6.54 Å². The Balaban J connectivity index is 2.21. The molecule has 0 unspecified atom stereocenters. The first-order chi connectivity index (χ1) is 11.1. The van der Waals surface area contributed by atoms with Crippen LogP contribution < -0.4 is 10.5 Å². The van der Waals surface area contributed by atoms with Crippen LogP contribution in [0.25, 0.3) is 16.9 Å². The number of nitrogens with two attached hydrogens (primary N) is 1. The van der Waals surface area contributed by atoms with Gasteiger partial charge in [-0.2, -0.15) is 0 Å². The molecule has 5 nitrogen and oxygen atoms in total. The van der Waals surface area contributed by atoms with E-state index in [1.165, 1.54) is 11.1 Å². The fraction of sp³-hybridized carbons (Fsp3) is 0.222. The Labute approximate surface area is 135 Å². The van der Waals surface area contributed by atoms with Crippen LogP contribution in [0.4, 0.5) is 0 Å². The summed E-state index contributed by atoms with van der Waals surface area (Å²) in [4.78, 5) is 0. The van der Waals surface area contributed by atoms with E-state index >= 15 is 0 Å². The molecular formula is C18H20N4O. The molecule has 2 N–H and O–H groups in total. The molecule has 0 aliphatic rings. The molecule has 0 aliphatic heterocycles. The third-order valence-electron chi connectivity index (χ3n) is 3.73. The summed E-state index contributed by atoms with van der Waals surface area (Å²) in [5, 5.41) is 8.57. The summed E-state index contributed by atoms with van der Waals surface area (Å²) < 4.78 is 7.17. The number of ether oxygens (including phenoxy) is 1. The Bertz CT molecular complexity index is 819. The molecule has 0 amide bonds. The Morgan fingerprint density at radius 3 is 2.48 bits per heavy atom. The average Bonchev–Trinajstić information content (AvgIpc) is 2.98. The molecule has 23 heavy (non-hydrogen) atoms. The minimum absolute atomic E-state index is 0.331. The molecule has 3 aromatic rings. The summed E-state index contributed by atoms with van der Waals surface area (Å²) in [5.41, 5.74) is 11.8. The number of nitrogens with zero attached hydrogens (tertiary/aromatic N) is 3. The van der Waals surface area contributed by atoms with Crippen LogP contribution in [-0.4, -0.2) is 22.1 Å². The van der Waals surface area contributed by atoms with Crippen LogP contribution in [0.5, 0.6) is 5.75 Å². The van der Waals surface area contributed by atoms with Gasteiger partial charge in [-0.3, -0.25) is 0 Å². The van der Waals surface area contributed by atoms with Gasteiger partial charge < -0.3 is 10.5 Å². The second-order valence-corrected chi connectivity index (χ2v) is 5.58. The number of benzene rings is 2. The second kappa shape index (κ2) is 6.22. The second-order valence-electron chi connectivity index (χ2n) is 5.58. The molecular weight excluding hydrogens is 288 g/mol. The van der Waals surface area contributed by atoms with Gasteiger partial charge in [0.25, 0.3) is 0 Å². The van der Waals surface area contributed by atoms with Crippen LogP contribution in [0.1, 0.15) is 16.8 Å². The maximum atomic E-state index is 5.86. The number of aryl methyl sites for hydroxylation is 2. The molecule has 118 valence electrons. The Morgan fingerprint density at radius 2 is 1.83 bits per heavy atom. The van der Waals surface area contributed by atoms with Gasteiger partial charge in [0, 0.05) is 12.1 Å². The largest absolute Gasteiger partial charge is 0.497 e. The van der Waals surface area contributed by atoms with Crippen LogP contribution in [0, 0.1) is 13.8 Å². The summed E-state index contributed by atoms with van der Waals surface area (Å²) in [6.07, 6.45) is 0. The van der Waals surface area contributed by atoms with Gasteiger partial charge in [0.05, 0.1) is 18.5 Å². The highest BCUT2D eigenvalue weighted by Gasteiger charge is 2.16. The molecule has 0 fully saturated rings. The van der Waals surface area contributed by atoms with Gasteiger partial charge in [-0.05, 0) is 49.2 Å². The third-order valence-corrected chi connectivity index (χ3v) is 3.73. The predicted molar refractivity (Wildman–Crippen MR) is 90.7 cm³/mol. The molecule has 5 heteroatoms. The van der Waals surface area contributed by atoms with E-state index in [2.05, 4.69) is 42.4 Å². The van der Waals surface area contributed by atoms with Crippen molar-refractivity contribution in [1.82, 2.24) is 15.0 Å². The lowest BCUT2D eigenvalue weighted by Crippen LogP contribution is -2.03. The number of hydrogen-bond donors (Lipinski definition) is 1. The normalized spacial score (nSPS) is 10.8. The zero-order valence-corrected chi connectivity index (χ0v) is 13.6. The minimum Gasteiger partial charge on any atom is -0.497 e. The highest BCUT2D eigenvalue weighted by Crippen LogP contribution is 2.28. The zero-order chi connectivity index (χ0) is 16.4. The highest BCUT2D eigenvalue weighted by atomic mass is 16.5. The van der Waals surface area contributed by atoms with Crippen molar-refractivity contribution in [1.29, 1.82) is 0 Å². The van der Waals surface area contributed by atoms with Crippen molar-refractivity contribution in [3.63, 3.8) is 0 Å². The lowest BCUT2D eigenvalue weighted by molar-refractivity contribution is 0.415. The lowest BCUT2D eigenvalue weighted by atomic mass is 10.1. The van der Waals surface area contributed by atoms with E-state index in [-0.39, 0.29) is 0 Å². The molecule has 0 radical (unpaired) electrons. The van der Waals surface area contributed by atoms with E-state index in [1.54, 1.807) is 7.11 Å². The van der Waals surface area contributed by atoms with E-state index in [0.717, 1.165) is 28.4 Å². The fourth-order valence-electron chi connectivity index (χ4n) is 2.76. The van der Waals surface area contributed by atoms with Crippen molar-refractivity contribution in [2.24, 2.45) is 5.73 Å². The summed E-state index contributed by atoms with van der Waals surface area (Å²) in [6.45, 7) is 4.47. The summed E-state index contributed by atoms with van der Waals surface area (Å²) in [5.74, 6) is 0.790. The molecule has 0 spiro atoms. The lowest BCUT2D eigenvalue weighted by Gasteiger charge is -2.11. The van der Waals surface area contributed by atoms with Crippen molar-refractivity contribution < 1.29 is 4.74 Å². The Kier molecular flexibility index (Phi) is 4.12. The van der Waals surface area contributed by atoms with Gasteiger partial charge in [0.2, 0.25) is 0 Å². The number of hydrogen-bond acceptors (Lipinski definition) is 4. The van der Waals surface area contributed by atoms with Crippen LogP contribution in [0.15, 0.2) is 42.5 Å². The van der Waals surface area contributed by atoms with E-state index < -0.39 is 0 Å². The minimum atomic E-state index is 0.331. The van der Waals surface area contributed by atoms with Crippen LogP contribution >= 0.6 is 0 Å². The first kappa shape index (κ1) is 15.2. The topological polar surface area (TPSA) is 66.0 Å². The van der Waals surface area contributed by atoms with Crippen molar-refractivity contribution in [3.8, 4) is 22.7 Å². The van der Waals surface area contributed by atoms with Gasteiger partial charge in [-0.1, -0.05) is 23.4 Å². The summed E-state index contributed by atoms with van der Waals surface area (Å²) >= 11 is 0. The van der Waals surface area contributed by atoms with Gasteiger partial charge in [0.1, 0.15) is 11.4 Å². The first-order valence-corrected chi connectivity index (χ1v) is 7.50. The highest BCUT2D eigenvalue weighted by molar-refractivity contribution is 5.66. The van der Waals surface area contributed by atoms with Crippen molar-refractivity contribution in [2.45, 2.75) is 20.4 Å². The standard InChI is InChI=1S/C18H20N4O/c1-12-7-13(2)9-15(8-12)22-18(17(11-19)20-21-22)14-5-4-6-16(10-14)23-3/h4-10H,11,19H2,1-3H3. The van der Waals surface area contributed by atoms with E-state index in [1.807, 2.05) is 28.9 Å². The van der Waals surface area contributed by atoms with Gasteiger partial charge in [-0.15, -0.1) is 5.10 Å². The van der Waals surface area contributed by atoms with Crippen LogP contribution in [0.3, 0.4) is 0 Å². The van der Waals surface area contributed by atoms with E-state index in [4.69, 9.17) is 10.5 Å². The molecule has 0 saturated carbocycles. The molecule has 0 bridgehead atoms. The smallest absolute Gasteiger partial charge is 0.119 e. The number of methoxy groups -OCH3 is 1. The van der Waals surface area contributed by atoms with Gasteiger partial charge >= 0.3 is 0 Å². The molecule has 0 aliphatic carbocycles. The monoisotopic (exact) mass is 308 g/mol. The van der Waals surface area contributed by atoms with Crippen molar-refractivity contribution >= 4 is 0 Å². The number of aromatic nitrogens is 3. The molecule has 0 saturated heterocycles. The SMILES string of the molecule is COc1cccc(-c2c(CN)nnn2-c2cc(C)cc(C)c2)c1. The molecule has 1 heterocycles. The Morgan fingerprint density at radius 1 is 1.09 bits per heavy atom. The third kappa shape index (κ3) is 2.96. The molecule has 0 atom stereocenters. The summed E-state index contributed by atoms with van der Waals surface area (Å²) in [7, 11) is 1.66. The van der Waals surface area contributed by atoms with Gasteiger partial charge in [-0.25, -0.2) is 4.68 Å². The first-order valence-electron chi connectivity index (χ1n) is 7.50. The quantitative estimate of drug-likeness (QED) is 0.804. The number of rotatable bonds is 4.